The fourth-order valence-electron chi connectivity index (χ4n) is 4.58. The van der Waals surface area contributed by atoms with Crippen LogP contribution in [-0.4, -0.2) is 52.8 Å². The smallest absolute Gasteiger partial charge is 0.257 e. The van der Waals surface area contributed by atoms with Crippen LogP contribution in [0.4, 0.5) is 4.39 Å². The number of thiazole rings is 1. The predicted molar refractivity (Wildman–Crippen MR) is 125 cm³/mol. The minimum Gasteiger partial charge on any atom is -0.469 e. The monoisotopic (exact) mass is 469 g/mol. The third-order valence-electron chi connectivity index (χ3n) is 6.55. The number of aryl methyl sites for hydroxylation is 1. The zero-order valence-electron chi connectivity index (χ0n) is 18.9. The minimum atomic E-state index is -0.265. The van der Waals surface area contributed by atoms with Crippen molar-refractivity contribution in [1.29, 1.82) is 0 Å². The van der Waals surface area contributed by atoms with Gasteiger partial charge in [-0.2, -0.15) is 0 Å². The van der Waals surface area contributed by atoms with Crippen LogP contribution in [0, 0.1) is 18.7 Å². The van der Waals surface area contributed by atoms with Gasteiger partial charge in [-0.15, -0.1) is 11.3 Å². The second kappa shape index (κ2) is 10.3. The maximum absolute atomic E-state index is 14.5. The third kappa shape index (κ3) is 5.33. The molecule has 33 heavy (non-hydrogen) atoms. The first-order valence-corrected chi connectivity index (χ1v) is 12.1. The van der Waals surface area contributed by atoms with Crippen molar-refractivity contribution in [2.75, 3.05) is 20.1 Å². The van der Waals surface area contributed by atoms with E-state index in [1.807, 2.05) is 16.3 Å². The number of likely N-dealkylation sites (N-methyl/N-ethyl adjacent to an activating group) is 1. The molecule has 0 aliphatic carbocycles. The van der Waals surface area contributed by atoms with Gasteiger partial charge in [-0.05, 0) is 49.8 Å². The van der Waals surface area contributed by atoms with Crippen molar-refractivity contribution in [2.24, 2.45) is 5.92 Å². The molecule has 2 aromatic heterocycles. The van der Waals surface area contributed by atoms with Crippen LogP contribution in [0.25, 0.3) is 0 Å². The Morgan fingerprint density at radius 2 is 2.03 bits per heavy atom. The number of hydrogen-bond acceptors (Lipinski definition) is 5. The molecule has 0 radical (unpaired) electrons. The minimum absolute atomic E-state index is 0.0726. The van der Waals surface area contributed by atoms with E-state index in [4.69, 9.17) is 4.42 Å². The van der Waals surface area contributed by atoms with Crippen molar-refractivity contribution in [3.8, 4) is 0 Å². The maximum atomic E-state index is 14.5. The molecule has 1 saturated heterocycles. The van der Waals surface area contributed by atoms with E-state index in [2.05, 4.69) is 4.98 Å². The molecule has 8 heteroatoms. The quantitative estimate of drug-likeness (QED) is 0.516. The van der Waals surface area contributed by atoms with Gasteiger partial charge in [0.05, 0.1) is 29.5 Å². The second-order valence-corrected chi connectivity index (χ2v) is 9.26. The highest BCUT2D eigenvalue weighted by Gasteiger charge is 2.34. The van der Waals surface area contributed by atoms with Gasteiger partial charge in [-0.3, -0.25) is 9.59 Å². The van der Waals surface area contributed by atoms with Crippen LogP contribution in [0.15, 0.2) is 51.9 Å². The van der Waals surface area contributed by atoms with Crippen molar-refractivity contribution in [2.45, 2.75) is 38.6 Å². The fourth-order valence-corrected chi connectivity index (χ4v) is 5.14. The second-order valence-electron chi connectivity index (χ2n) is 8.54. The number of halogens is 1. The van der Waals surface area contributed by atoms with E-state index < -0.39 is 0 Å². The van der Waals surface area contributed by atoms with E-state index >= 15 is 0 Å². The standard InChI is InChI=1S/C25H28FN3O3S/c1-17-21(9-12-32-17)25(31)28(2)23(13-19-5-3-4-6-22(19)26)18-7-10-29(11-8-18)24(30)14-20-15-33-16-27-20/h3-6,9,12,15-16,18,23H,7-8,10-11,13-14H2,1-2H3/t23-/m0/s1. The summed E-state index contributed by atoms with van der Waals surface area (Å²) in [6.45, 7) is 3.00. The van der Waals surface area contributed by atoms with Crippen molar-refractivity contribution >= 4 is 23.2 Å². The SMILES string of the molecule is Cc1occc1C(=O)N(C)[C@@H](Cc1ccccc1F)C1CCN(C(=O)Cc2cscn2)CC1. The lowest BCUT2D eigenvalue weighted by Gasteiger charge is -2.40. The van der Waals surface area contributed by atoms with Crippen molar-refractivity contribution in [3.63, 3.8) is 0 Å². The van der Waals surface area contributed by atoms with Gasteiger partial charge in [0.15, 0.2) is 0 Å². The summed E-state index contributed by atoms with van der Waals surface area (Å²) in [5.41, 5.74) is 3.64. The number of carbonyl (C=O) groups excluding carboxylic acids is 2. The zero-order valence-corrected chi connectivity index (χ0v) is 19.7. The molecule has 4 rings (SSSR count). The lowest BCUT2D eigenvalue weighted by atomic mass is 9.84. The summed E-state index contributed by atoms with van der Waals surface area (Å²) in [5.74, 6) is 0.389. The lowest BCUT2D eigenvalue weighted by Crippen LogP contribution is -2.48. The zero-order chi connectivity index (χ0) is 23.4. The van der Waals surface area contributed by atoms with Crippen molar-refractivity contribution < 1.29 is 18.4 Å². The number of amides is 2. The molecule has 6 nitrogen and oxygen atoms in total. The third-order valence-corrected chi connectivity index (χ3v) is 7.18. The Balaban J connectivity index is 1.48. The molecule has 0 N–H and O–H groups in total. The molecule has 3 heterocycles. The summed E-state index contributed by atoms with van der Waals surface area (Å²) in [6.07, 6.45) is 3.75. The Morgan fingerprint density at radius 1 is 1.27 bits per heavy atom. The number of hydrogen-bond donors (Lipinski definition) is 0. The molecule has 174 valence electrons. The van der Waals surface area contributed by atoms with Crippen LogP contribution < -0.4 is 0 Å². The summed E-state index contributed by atoms with van der Waals surface area (Å²) >= 11 is 1.48. The van der Waals surface area contributed by atoms with Crippen molar-refractivity contribution in [3.05, 3.63) is 75.9 Å². The lowest BCUT2D eigenvalue weighted by molar-refractivity contribution is -0.132. The van der Waals surface area contributed by atoms with Gasteiger partial charge >= 0.3 is 0 Å². The first kappa shape index (κ1) is 23.2. The largest absolute Gasteiger partial charge is 0.469 e. The van der Waals surface area contributed by atoms with Gasteiger partial charge in [-0.1, -0.05) is 18.2 Å². The molecule has 1 aliphatic heterocycles. The average Bonchev–Trinajstić information content (AvgIpc) is 3.49. The van der Waals surface area contributed by atoms with E-state index in [0.29, 0.717) is 42.8 Å². The highest BCUT2D eigenvalue weighted by molar-refractivity contribution is 7.07. The molecule has 1 atom stereocenters. The average molecular weight is 470 g/mol. The number of nitrogens with zero attached hydrogens (tertiary/aromatic N) is 3. The van der Waals surface area contributed by atoms with Crippen LogP contribution in [-0.2, 0) is 17.6 Å². The Kier molecular flexibility index (Phi) is 7.23. The summed E-state index contributed by atoms with van der Waals surface area (Å²) in [7, 11) is 1.78. The Labute approximate surface area is 197 Å². The number of carbonyl (C=O) groups is 2. The molecule has 2 amide bonds. The van der Waals surface area contributed by atoms with Crippen LogP contribution in [0.2, 0.25) is 0 Å². The number of piperidine rings is 1. The van der Waals surface area contributed by atoms with E-state index in [-0.39, 0.29) is 29.6 Å². The first-order valence-electron chi connectivity index (χ1n) is 11.1. The highest BCUT2D eigenvalue weighted by Crippen LogP contribution is 2.29. The van der Waals surface area contributed by atoms with E-state index in [1.54, 1.807) is 42.6 Å². The summed E-state index contributed by atoms with van der Waals surface area (Å²) < 4.78 is 19.8. The van der Waals surface area contributed by atoms with E-state index in [0.717, 1.165) is 18.5 Å². The maximum Gasteiger partial charge on any atom is 0.257 e. The highest BCUT2D eigenvalue weighted by atomic mass is 32.1. The Bertz CT molecular complexity index is 1090. The molecule has 0 saturated carbocycles. The molecule has 0 unspecified atom stereocenters. The van der Waals surface area contributed by atoms with E-state index in [9.17, 15) is 14.0 Å². The summed E-state index contributed by atoms with van der Waals surface area (Å²) in [4.78, 5) is 33.7. The van der Waals surface area contributed by atoms with Gasteiger partial charge in [0, 0.05) is 31.6 Å². The van der Waals surface area contributed by atoms with Gasteiger partial charge < -0.3 is 14.2 Å². The molecular formula is C25H28FN3O3S. The fraction of sp³-hybridized carbons (Fsp3) is 0.400. The molecule has 1 aromatic carbocycles. The van der Waals surface area contributed by atoms with Crippen LogP contribution in [0.5, 0.6) is 0 Å². The van der Waals surface area contributed by atoms with Crippen LogP contribution in [0.1, 0.15) is 40.2 Å². The Morgan fingerprint density at radius 3 is 2.67 bits per heavy atom. The molecule has 0 bridgehead atoms. The predicted octanol–water partition coefficient (Wildman–Crippen LogP) is 4.35. The van der Waals surface area contributed by atoms with E-state index in [1.165, 1.54) is 23.7 Å². The van der Waals surface area contributed by atoms with Gasteiger partial charge in [0.2, 0.25) is 5.91 Å². The number of rotatable bonds is 7. The molecule has 0 spiro atoms. The summed E-state index contributed by atoms with van der Waals surface area (Å²) in [6, 6.07) is 8.19. The van der Waals surface area contributed by atoms with Gasteiger partial charge in [0.25, 0.3) is 5.91 Å². The topological polar surface area (TPSA) is 66.7 Å². The number of likely N-dealkylation sites (tertiary alicyclic amines) is 1. The first-order chi connectivity index (χ1) is 15.9. The molecule has 1 aliphatic rings. The number of furan rings is 1. The van der Waals surface area contributed by atoms with Gasteiger partial charge in [0.1, 0.15) is 11.6 Å². The normalized spacial score (nSPS) is 15.4. The van der Waals surface area contributed by atoms with Crippen LogP contribution >= 0.6 is 11.3 Å². The number of benzene rings is 1. The Hall–Kier alpha value is -3.00. The number of aromatic nitrogens is 1. The van der Waals surface area contributed by atoms with Crippen molar-refractivity contribution in [1.82, 2.24) is 14.8 Å². The molecule has 3 aromatic rings. The van der Waals surface area contributed by atoms with Crippen LogP contribution in [0.3, 0.4) is 0 Å². The van der Waals surface area contributed by atoms with Gasteiger partial charge in [-0.25, -0.2) is 9.37 Å². The molecular weight excluding hydrogens is 441 g/mol. The summed E-state index contributed by atoms with van der Waals surface area (Å²) in [5, 5.41) is 1.90. The molecule has 1 fully saturated rings.